The minimum atomic E-state index is -0.158. The highest BCUT2D eigenvalue weighted by molar-refractivity contribution is 7.12. The number of ether oxygens (including phenoxy) is 3. The molecule has 0 amide bonds. The Kier molecular flexibility index (Phi) is 3.54. The van der Waals surface area contributed by atoms with Crippen LogP contribution in [-0.2, 0) is 0 Å². The molecule has 4 nitrogen and oxygen atoms in total. The third-order valence-electron chi connectivity index (χ3n) is 3.13. The summed E-state index contributed by atoms with van der Waals surface area (Å²) in [5.74, 6) is 2.21. The Morgan fingerprint density at radius 1 is 1.20 bits per heavy atom. The van der Waals surface area contributed by atoms with E-state index in [1.165, 1.54) is 4.88 Å². The number of benzene rings is 1. The fourth-order valence-electron chi connectivity index (χ4n) is 2.13. The minimum Gasteiger partial charge on any atom is -0.483 e. The summed E-state index contributed by atoms with van der Waals surface area (Å²) in [5, 5.41) is 0. The van der Waals surface area contributed by atoms with Gasteiger partial charge < -0.3 is 19.9 Å². The average molecular weight is 291 g/mol. The van der Waals surface area contributed by atoms with Crippen LogP contribution < -0.4 is 19.9 Å². The van der Waals surface area contributed by atoms with Crippen LogP contribution >= 0.6 is 11.3 Å². The standard InChI is InChI=1S/C15H17NO3S/c1-9-3-6-14(20-9)15(10(2)16)19-11-4-5-12-13(7-11)18-8-17-12/h3-7,10,15H,8,16H2,1-2H3. The quantitative estimate of drug-likeness (QED) is 0.939. The summed E-state index contributed by atoms with van der Waals surface area (Å²) in [6.45, 7) is 4.29. The predicted molar refractivity (Wildman–Crippen MR) is 78.6 cm³/mol. The molecule has 1 aromatic heterocycles. The summed E-state index contributed by atoms with van der Waals surface area (Å²) in [6, 6.07) is 9.63. The first-order valence-corrected chi connectivity index (χ1v) is 7.33. The van der Waals surface area contributed by atoms with Crippen molar-refractivity contribution >= 4 is 11.3 Å². The zero-order valence-electron chi connectivity index (χ0n) is 11.5. The Morgan fingerprint density at radius 2 is 2.00 bits per heavy atom. The third-order valence-corrected chi connectivity index (χ3v) is 4.19. The number of nitrogens with two attached hydrogens (primary N) is 1. The lowest BCUT2D eigenvalue weighted by Gasteiger charge is -2.21. The molecule has 2 aromatic rings. The summed E-state index contributed by atoms with van der Waals surface area (Å²) in [7, 11) is 0. The maximum Gasteiger partial charge on any atom is 0.231 e. The van der Waals surface area contributed by atoms with Gasteiger partial charge in [-0.15, -0.1) is 11.3 Å². The van der Waals surface area contributed by atoms with Crippen LogP contribution in [0.2, 0.25) is 0 Å². The highest BCUT2D eigenvalue weighted by Gasteiger charge is 2.21. The zero-order valence-corrected chi connectivity index (χ0v) is 12.3. The first kappa shape index (κ1) is 13.3. The highest BCUT2D eigenvalue weighted by Crippen LogP contribution is 2.37. The van der Waals surface area contributed by atoms with Gasteiger partial charge in [0.1, 0.15) is 11.9 Å². The molecule has 2 heterocycles. The average Bonchev–Trinajstić information content (AvgIpc) is 3.03. The molecule has 1 aromatic carbocycles. The lowest BCUT2D eigenvalue weighted by atomic mass is 10.1. The van der Waals surface area contributed by atoms with E-state index >= 15 is 0 Å². The monoisotopic (exact) mass is 291 g/mol. The number of hydrogen-bond acceptors (Lipinski definition) is 5. The largest absolute Gasteiger partial charge is 0.483 e. The van der Waals surface area contributed by atoms with Crippen molar-refractivity contribution in [3.05, 3.63) is 40.1 Å². The summed E-state index contributed by atoms with van der Waals surface area (Å²) < 4.78 is 16.7. The zero-order chi connectivity index (χ0) is 14.1. The van der Waals surface area contributed by atoms with E-state index in [-0.39, 0.29) is 18.9 Å². The molecule has 0 aliphatic carbocycles. The molecule has 0 radical (unpaired) electrons. The summed E-state index contributed by atoms with van der Waals surface area (Å²) in [5.41, 5.74) is 6.06. The van der Waals surface area contributed by atoms with E-state index in [0.717, 1.165) is 16.4 Å². The van der Waals surface area contributed by atoms with Crippen LogP contribution in [0.15, 0.2) is 30.3 Å². The fraction of sp³-hybridized carbons (Fsp3) is 0.333. The second-order valence-corrected chi connectivity index (χ2v) is 6.18. The van der Waals surface area contributed by atoms with Crippen LogP contribution in [0.5, 0.6) is 17.2 Å². The second kappa shape index (κ2) is 5.34. The Hall–Kier alpha value is -1.72. The third kappa shape index (κ3) is 2.59. The number of rotatable bonds is 4. The molecule has 5 heteroatoms. The number of aryl methyl sites for hydroxylation is 1. The van der Waals surface area contributed by atoms with Crippen LogP contribution in [0.1, 0.15) is 22.8 Å². The Balaban J connectivity index is 1.83. The second-order valence-electron chi connectivity index (χ2n) is 4.86. The molecular formula is C15H17NO3S. The van der Waals surface area contributed by atoms with Crippen molar-refractivity contribution in [2.45, 2.75) is 26.0 Å². The van der Waals surface area contributed by atoms with Crippen molar-refractivity contribution in [1.82, 2.24) is 0 Å². The first-order chi connectivity index (χ1) is 9.63. The van der Waals surface area contributed by atoms with E-state index in [9.17, 15) is 0 Å². The Morgan fingerprint density at radius 3 is 2.70 bits per heavy atom. The molecule has 0 fully saturated rings. The fourth-order valence-corrected chi connectivity index (χ4v) is 3.15. The van der Waals surface area contributed by atoms with E-state index in [0.29, 0.717) is 5.75 Å². The summed E-state index contributed by atoms with van der Waals surface area (Å²) in [6.07, 6.45) is -0.158. The van der Waals surface area contributed by atoms with Gasteiger partial charge >= 0.3 is 0 Å². The maximum absolute atomic E-state index is 6.06. The van der Waals surface area contributed by atoms with Crippen molar-refractivity contribution < 1.29 is 14.2 Å². The summed E-state index contributed by atoms with van der Waals surface area (Å²) >= 11 is 1.71. The SMILES string of the molecule is Cc1ccc(C(Oc2ccc3c(c2)OCO3)C(C)N)s1. The number of thiophene rings is 1. The molecule has 2 unspecified atom stereocenters. The van der Waals surface area contributed by atoms with E-state index in [1.807, 2.05) is 25.1 Å². The van der Waals surface area contributed by atoms with Gasteiger partial charge in [-0.05, 0) is 38.1 Å². The maximum atomic E-state index is 6.06. The van der Waals surface area contributed by atoms with E-state index in [1.54, 1.807) is 11.3 Å². The predicted octanol–water partition coefficient (Wildman–Crippen LogP) is 3.25. The van der Waals surface area contributed by atoms with Crippen molar-refractivity contribution in [2.75, 3.05) is 6.79 Å². The lowest BCUT2D eigenvalue weighted by molar-refractivity contribution is 0.172. The van der Waals surface area contributed by atoms with Crippen LogP contribution in [0, 0.1) is 6.92 Å². The van der Waals surface area contributed by atoms with Gasteiger partial charge in [0.25, 0.3) is 0 Å². The van der Waals surface area contributed by atoms with Gasteiger partial charge in [-0.2, -0.15) is 0 Å². The summed E-state index contributed by atoms with van der Waals surface area (Å²) in [4.78, 5) is 2.38. The topological polar surface area (TPSA) is 53.7 Å². The molecule has 1 aliphatic rings. The molecule has 0 spiro atoms. The van der Waals surface area contributed by atoms with Gasteiger partial charge in [0.2, 0.25) is 6.79 Å². The van der Waals surface area contributed by atoms with Crippen LogP contribution in [-0.4, -0.2) is 12.8 Å². The Labute approximate surface area is 122 Å². The molecule has 2 N–H and O–H groups in total. The lowest BCUT2D eigenvalue weighted by Crippen LogP contribution is -2.28. The van der Waals surface area contributed by atoms with Gasteiger partial charge in [0.15, 0.2) is 11.5 Å². The van der Waals surface area contributed by atoms with Crippen molar-refractivity contribution in [2.24, 2.45) is 5.73 Å². The molecule has 0 bridgehead atoms. The number of fused-ring (bicyclic) bond motifs is 1. The molecule has 3 rings (SSSR count). The van der Waals surface area contributed by atoms with Gasteiger partial charge in [-0.25, -0.2) is 0 Å². The van der Waals surface area contributed by atoms with E-state index < -0.39 is 0 Å². The van der Waals surface area contributed by atoms with Crippen molar-refractivity contribution in [1.29, 1.82) is 0 Å². The van der Waals surface area contributed by atoms with Crippen LogP contribution in [0.25, 0.3) is 0 Å². The smallest absolute Gasteiger partial charge is 0.231 e. The van der Waals surface area contributed by atoms with Gasteiger partial charge in [0.05, 0.1) is 0 Å². The molecular weight excluding hydrogens is 274 g/mol. The van der Waals surface area contributed by atoms with E-state index in [4.69, 9.17) is 19.9 Å². The molecule has 106 valence electrons. The minimum absolute atomic E-state index is 0.0986. The highest BCUT2D eigenvalue weighted by atomic mass is 32.1. The van der Waals surface area contributed by atoms with Crippen molar-refractivity contribution in [3.63, 3.8) is 0 Å². The molecule has 2 atom stereocenters. The first-order valence-electron chi connectivity index (χ1n) is 6.52. The molecule has 20 heavy (non-hydrogen) atoms. The van der Waals surface area contributed by atoms with Crippen LogP contribution in [0.4, 0.5) is 0 Å². The van der Waals surface area contributed by atoms with Gasteiger partial charge in [-0.1, -0.05) is 0 Å². The van der Waals surface area contributed by atoms with Gasteiger partial charge in [-0.3, -0.25) is 0 Å². The number of hydrogen-bond donors (Lipinski definition) is 1. The molecule has 1 aliphatic heterocycles. The van der Waals surface area contributed by atoms with Gasteiger partial charge in [0, 0.05) is 21.9 Å². The van der Waals surface area contributed by atoms with E-state index in [2.05, 4.69) is 19.1 Å². The van der Waals surface area contributed by atoms with Crippen molar-refractivity contribution in [3.8, 4) is 17.2 Å². The normalized spacial score (nSPS) is 15.9. The molecule has 0 saturated carbocycles. The van der Waals surface area contributed by atoms with Crippen LogP contribution in [0.3, 0.4) is 0 Å². The molecule has 0 saturated heterocycles. The Bertz CT molecular complexity index is 609.